The van der Waals surface area contributed by atoms with E-state index in [0.717, 1.165) is 32.0 Å². The Balaban J connectivity index is 1.33. The minimum Gasteiger partial charge on any atom is -0.477 e. The molecular weight excluding hydrogens is 400 g/mol. The van der Waals surface area contributed by atoms with E-state index in [2.05, 4.69) is 19.9 Å². The lowest BCUT2D eigenvalue weighted by molar-refractivity contribution is -0.125. The Kier molecular flexibility index (Phi) is 6.19. The summed E-state index contributed by atoms with van der Waals surface area (Å²) in [5, 5.41) is 4.01. The smallest absolute Gasteiger partial charge is 0.260 e. The number of nitrogens with two attached hydrogens (primary N) is 1. The number of fused-ring (bicyclic) bond motifs is 1. The molecule has 10 nitrogen and oxygen atoms in total. The molecule has 2 aliphatic heterocycles. The number of piperazine rings is 1. The summed E-state index contributed by atoms with van der Waals surface area (Å²) in [6, 6.07) is 7.20. The molecule has 2 aliphatic rings. The van der Waals surface area contributed by atoms with Crippen LogP contribution in [-0.4, -0.2) is 77.1 Å². The van der Waals surface area contributed by atoms with Crippen molar-refractivity contribution >= 4 is 17.5 Å². The first-order valence-corrected chi connectivity index (χ1v) is 10.5. The van der Waals surface area contributed by atoms with E-state index in [4.69, 9.17) is 15.0 Å². The number of rotatable bonds is 6. The van der Waals surface area contributed by atoms with Gasteiger partial charge in [0, 0.05) is 32.1 Å². The number of aromatic nitrogens is 2. The number of carbonyl (C=O) groups is 2. The highest BCUT2D eigenvalue weighted by atomic mass is 16.5. The van der Waals surface area contributed by atoms with Crippen LogP contribution in [0.1, 0.15) is 31.5 Å². The number of primary amides is 1. The quantitative estimate of drug-likeness (QED) is 0.710. The molecule has 0 aliphatic carbocycles. The van der Waals surface area contributed by atoms with Gasteiger partial charge < -0.3 is 19.9 Å². The van der Waals surface area contributed by atoms with Crippen LogP contribution >= 0.6 is 0 Å². The molecule has 4 rings (SSSR count). The molecule has 1 fully saturated rings. The zero-order chi connectivity index (χ0) is 22.0. The molecule has 1 aromatic carbocycles. The van der Waals surface area contributed by atoms with E-state index in [1.54, 1.807) is 17.0 Å². The highest BCUT2D eigenvalue weighted by Gasteiger charge is 2.33. The van der Waals surface area contributed by atoms with Gasteiger partial charge in [-0.25, -0.2) is 0 Å². The lowest BCUT2D eigenvalue weighted by atomic mass is 10.1. The topological polar surface area (TPSA) is 118 Å². The fraction of sp³-hybridized carbons (Fsp3) is 0.524. The Morgan fingerprint density at radius 2 is 1.87 bits per heavy atom. The molecule has 1 aromatic heterocycles. The molecule has 2 N–H and O–H groups in total. The van der Waals surface area contributed by atoms with Crippen molar-refractivity contribution in [3.05, 3.63) is 36.0 Å². The third-order valence-corrected chi connectivity index (χ3v) is 5.57. The minimum absolute atomic E-state index is 0.0751. The van der Waals surface area contributed by atoms with E-state index in [0.29, 0.717) is 23.9 Å². The molecular formula is C21H28N6O4. The number of hydrogen-bond acceptors (Lipinski definition) is 8. The Bertz CT molecular complexity index is 937. The van der Waals surface area contributed by atoms with Crippen LogP contribution in [0.4, 0.5) is 5.69 Å². The fourth-order valence-corrected chi connectivity index (χ4v) is 3.76. The number of hydrogen-bond donors (Lipinski definition) is 1. The second kappa shape index (κ2) is 9.03. The van der Waals surface area contributed by atoms with Crippen molar-refractivity contribution in [2.45, 2.75) is 32.4 Å². The van der Waals surface area contributed by atoms with Crippen LogP contribution in [0.15, 0.2) is 28.8 Å². The average Bonchev–Trinajstić information content (AvgIpc) is 3.23. The zero-order valence-electron chi connectivity index (χ0n) is 17.9. The van der Waals surface area contributed by atoms with Crippen molar-refractivity contribution in [3.8, 4) is 5.75 Å². The van der Waals surface area contributed by atoms with Gasteiger partial charge >= 0.3 is 0 Å². The maximum atomic E-state index is 13.1. The van der Waals surface area contributed by atoms with Gasteiger partial charge in [-0.2, -0.15) is 4.98 Å². The first-order chi connectivity index (χ1) is 14.9. The summed E-state index contributed by atoms with van der Waals surface area (Å²) in [5.41, 5.74) is 6.10. The number of ether oxygens (including phenoxy) is 1. The Labute approximate surface area is 180 Å². The first kappa shape index (κ1) is 21.3. The maximum Gasteiger partial charge on any atom is 0.260 e. The van der Waals surface area contributed by atoms with Gasteiger partial charge in [0.25, 0.3) is 5.91 Å². The second-order valence-electron chi connectivity index (χ2n) is 8.23. The number of carbonyl (C=O) groups excluding carboxylic acids is 2. The van der Waals surface area contributed by atoms with Gasteiger partial charge in [-0.15, -0.1) is 0 Å². The summed E-state index contributed by atoms with van der Waals surface area (Å²) >= 11 is 0. The van der Waals surface area contributed by atoms with Crippen molar-refractivity contribution in [1.82, 2.24) is 19.9 Å². The normalized spacial score (nSPS) is 19.8. The summed E-state index contributed by atoms with van der Waals surface area (Å²) in [6.07, 6.45) is -0.846. The monoisotopic (exact) mass is 428 g/mol. The molecule has 1 atom stereocenters. The molecule has 3 heterocycles. The van der Waals surface area contributed by atoms with Crippen LogP contribution in [-0.2, 0) is 16.1 Å². The van der Waals surface area contributed by atoms with Crippen molar-refractivity contribution in [3.63, 3.8) is 0 Å². The molecule has 0 saturated carbocycles. The van der Waals surface area contributed by atoms with Crippen molar-refractivity contribution < 1.29 is 18.8 Å². The largest absolute Gasteiger partial charge is 0.477 e. The third-order valence-electron chi connectivity index (χ3n) is 5.57. The van der Waals surface area contributed by atoms with Crippen molar-refractivity contribution in [1.29, 1.82) is 0 Å². The van der Waals surface area contributed by atoms with E-state index in [1.807, 2.05) is 26.0 Å². The summed E-state index contributed by atoms with van der Waals surface area (Å²) in [7, 11) is 0. The SMILES string of the molecule is CC(C)c1noc(CN2CCN(CC(=O)N3CC(C(N)=O)Oc4ccccc43)CC2)n1. The van der Waals surface area contributed by atoms with E-state index < -0.39 is 12.0 Å². The summed E-state index contributed by atoms with van der Waals surface area (Å²) in [4.78, 5) is 35.1. The second-order valence-corrected chi connectivity index (χ2v) is 8.23. The zero-order valence-corrected chi connectivity index (χ0v) is 17.9. The van der Waals surface area contributed by atoms with Crippen molar-refractivity contribution in [2.75, 3.05) is 44.2 Å². The van der Waals surface area contributed by atoms with Crippen LogP contribution in [0.25, 0.3) is 0 Å². The van der Waals surface area contributed by atoms with E-state index in [-0.39, 0.29) is 24.9 Å². The molecule has 0 spiro atoms. The lowest BCUT2D eigenvalue weighted by Crippen LogP contribution is -2.53. The molecule has 2 aromatic rings. The Morgan fingerprint density at radius 3 is 2.55 bits per heavy atom. The number of nitrogens with zero attached hydrogens (tertiary/aromatic N) is 5. The summed E-state index contributed by atoms with van der Waals surface area (Å²) in [5.74, 6) is 1.42. The van der Waals surface area contributed by atoms with Gasteiger partial charge in [-0.1, -0.05) is 31.1 Å². The molecule has 0 bridgehead atoms. The van der Waals surface area contributed by atoms with Crippen LogP contribution in [0.3, 0.4) is 0 Å². The lowest BCUT2D eigenvalue weighted by Gasteiger charge is -2.37. The Hall–Kier alpha value is -2.98. The molecule has 166 valence electrons. The number of anilines is 1. The molecule has 1 unspecified atom stereocenters. The molecule has 31 heavy (non-hydrogen) atoms. The summed E-state index contributed by atoms with van der Waals surface area (Å²) in [6.45, 7) is 8.17. The van der Waals surface area contributed by atoms with Crippen LogP contribution in [0.5, 0.6) is 5.75 Å². The van der Waals surface area contributed by atoms with Crippen LogP contribution in [0, 0.1) is 0 Å². The number of para-hydroxylation sites is 2. The maximum absolute atomic E-state index is 13.1. The van der Waals surface area contributed by atoms with Gasteiger partial charge in [0.15, 0.2) is 11.9 Å². The number of benzene rings is 1. The average molecular weight is 428 g/mol. The van der Waals surface area contributed by atoms with Crippen molar-refractivity contribution in [2.24, 2.45) is 5.73 Å². The molecule has 10 heteroatoms. The standard InChI is InChI=1S/C21H28N6O4/c1-14(2)21-23-18(31-24-21)12-25-7-9-26(10-8-25)13-19(28)27-11-17(20(22)29)30-16-6-4-3-5-15(16)27/h3-6,14,17H,7-13H2,1-2H3,(H2,22,29). The third kappa shape index (κ3) is 4.86. The predicted molar refractivity (Wildman–Crippen MR) is 113 cm³/mol. The highest BCUT2D eigenvalue weighted by molar-refractivity contribution is 5.98. The van der Waals surface area contributed by atoms with Gasteiger partial charge in [-0.3, -0.25) is 19.4 Å². The van der Waals surface area contributed by atoms with Gasteiger partial charge in [-0.05, 0) is 12.1 Å². The number of amides is 2. The van der Waals surface area contributed by atoms with Gasteiger partial charge in [0.05, 0.1) is 25.3 Å². The van der Waals surface area contributed by atoms with Gasteiger partial charge in [0.1, 0.15) is 5.75 Å². The van der Waals surface area contributed by atoms with E-state index >= 15 is 0 Å². The van der Waals surface area contributed by atoms with E-state index in [9.17, 15) is 9.59 Å². The highest BCUT2D eigenvalue weighted by Crippen LogP contribution is 2.33. The van der Waals surface area contributed by atoms with Crippen LogP contribution < -0.4 is 15.4 Å². The Morgan fingerprint density at radius 1 is 1.16 bits per heavy atom. The first-order valence-electron chi connectivity index (χ1n) is 10.5. The van der Waals surface area contributed by atoms with Gasteiger partial charge in [0.2, 0.25) is 11.8 Å². The molecule has 1 saturated heterocycles. The predicted octanol–water partition coefficient (Wildman–Crippen LogP) is 0.590. The minimum atomic E-state index is -0.846. The molecule has 2 amide bonds. The molecule has 0 radical (unpaired) electrons. The fourth-order valence-electron chi connectivity index (χ4n) is 3.76. The van der Waals surface area contributed by atoms with Crippen LogP contribution in [0.2, 0.25) is 0 Å². The summed E-state index contributed by atoms with van der Waals surface area (Å²) < 4.78 is 11.0. The van der Waals surface area contributed by atoms with E-state index in [1.165, 1.54) is 0 Å².